The Morgan fingerprint density at radius 2 is 2.10 bits per heavy atom. The van der Waals surface area contributed by atoms with Gasteiger partial charge in [-0.1, -0.05) is 0 Å². The van der Waals surface area contributed by atoms with Crippen LogP contribution in [0.15, 0.2) is 11.3 Å². The van der Waals surface area contributed by atoms with Crippen molar-refractivity contribution in [1.29, 1.82) is 5.26 Å². The lowest BCUT2D eigenvalue weighted by atomic mass is 10.2. The van der Waals surface area contributed by atoms with Crippen molar-refractivity contribution in [2.24, 2.45) is 5.73 Å². The number of nitrogens with two attached hydrogens (primary N) is 1. The summed E-state index contributed by atoms with van der Waals surface area (Å²) in [7, 11) is 3.81. The highest BCUT2D eigenvalue weighted by atomic mass is 15.0. The van der Waals surface area contributed by atoms with Crippen LogP contribution in [0.5, 0.6) is 0 Å². The second kappa shape index (κ2) is 3.91. The Hall–Kier alpha value is -1.01. The van der Waals surface area contributed by atoms with E-state index in [0.29, 0.717) is 17.8 Å². The van der Waals surface area contributed by atoms with Crippen LogP contribution in [-0.4, -0.2) is 25.5 Å². The Morgan fingerprint density at radius 1 is 1.60 bits per heavy atom. The van der Waals surface area contributed by atoms with E-state index in [9.17, 15) is 0 Å². The molecule has 0 bridgehead atoms. The third-order valence-electron chi connectivity index (χ3n) is 1.09. The molecule has 0 saturated heterocycles. The molecule has 2 N–H and O–H groups in total. The number of likely N-dealkylation sites (N-methyl/N-ethyl adjacent to an activating group) is 1. The second-order valence-corrected chi connectivity index (χ2v) is 2.51. The van der Waals surface area contributed by atoms with Gasteiger partial charge in [0.25, 0.3) is 0 Å². The molecule has 3 nitrogen and oxygen atoms in total. The van der Waals surface area contributed by atoms with Crippen molar-refractivity contribution in [1.82, 2.24) is 4.90 Å². The Balaban J connectivity index is 4.15. The molecule has 0 aliphatic heterocycles. The van der Waals surface area contributed by atoms with E-state index in [1.165, 1.54) is 0 Å². The molecule has 56 valence electrons. The Kier molecular flexibility index (Phi) is 3.52. The minimum Gasteiger partial charge on any atom is -0.401 e. The maximum Gasteiger partial charge on any atom is 0.0978 e. The van der Waals surface area contributed by atoms with E-state index in [1.54, 1.807) is 6.92 Å². The first-order valence-electron chi connectivity index (χ1n) is 3.08. The summed E-state index contributed by atoms with van der Waals surface area (Å²) in [6.07, 6.45) is 0. The van der Waals surface area contributed by atoms with E-state index in [2.05, 4.69) is 0 Å². The summed E-state index contributed by atoms with van der Waals surface area (Å²) in [5.74, 6) is 0. The minimum atomic E-state index is 0.608. The molecule has 0 saturated carbocycles. The molecule has 0 fully saturated rings. The number of rotatable bonds is 2. The highest BCUT2D eigenvalue weighted by molar-refractivity contribution is 5.26. The molecule has 0 aliphatic rings. The first kappa shape index (κ1) is 8.99. The summed E-state index contributed by atoms with van der Waals surface area (Å²) in [6, 6.07) is 2.05. The predicted molar refractivity (Wildman–Crippen MR) is 41.1 cm³/mol. The van der Waals surface area contributed by atoms with E-state index in [1.807, 2.05) is 25.1 Å². The quantitative estimate of drug-likeness (QED) is 0.560. The second-order valence-electron chi connectivity index (χ2n) is 2.51. The summed E-state index contributed by atoms with van der Waals surface area (Å²) < 4.78 is 0. The van der Waals surface area contributed by atoms with Crippen LogP contribution in [0, 0.1) is 11.3 Å². The average Bonchev–Trinajstić information content (AvgIpc) is 1.81. The number of hydrogen-bond acceptors (Lipinski definition) is 3. The van der Waals surface area contributed by atoms with E-state index in [0.717, 1.165) is 0 Å². The van der Waals surface area contributed by atoms with E-state index >= 15 is 0 Å². The summed E-state index contributed by atoms with van der Waals surface area (Å²) in [5.41, 5.74) is 6.68. The third kappa shape index (κ3) is 3.10. The van der Waals surface area contributed by atoms with Crippen LogP contribution in [-0.2, 0) is 0 Å². The van der Waals surface area contributed by atoms with Crippen molar-refractivity contribution in [3.05, 3.63) is 11.3 Å². The molecule has 0 unspecified atom stereocenters. The van der Waals surface area contributed by atoms with Crippen LogP contribution in [0.4, 0.5) is 0 Å². The van der Waals surface area contributed by atoms with Gasteiger partial charge in [-0.15, -0.1) is 0 Å². The maximum absolute atomic E-state index is 8.53. The standard InChI is InChI=1S/C7H13N3/c1-6(9)7(4-8)5-10(2)3/h5,9H2,1-3H3/b7-6-. The molecule has 0 aromatic heterocycles. The molecule has 0 aromatic carbocycles. The number of allylic oxidation sites excluding steroid dienone is 1. The maximum atomic E-state index is 8.53. The zero-order valence-corrected chi connectivity index (χ0v) is 6.68. The van der Waals surface area contributed by atoms with Crippen LogP contribution < -0.4 is 5.73 Å². The van der Waals surface area contributed by atoms with Crippen LogP contribution in [0.25, 0.3) is 0 Å². The minimum absolute atomic E-state index is 0.608. The van der Waals surface area contributed by atoms with Crippen molar-refractivity contribution < 1.29 is 0 Å². The molecule has 0 amide bonds. The lowest BCUT2D eigenvalue weighted by Crippen LogP contribution is -2.16. The van der Waals surface area contributed by atoms with Crippen molar-refractivity contribution in [2.45, 2.75) is 6.92 Å². The van der Waals surface area contributed by atoms with Crippen LogP contribution >= 0.6 is 0 Å². The van der Waals surface area contributed by atoms with Gasteiger partial charge in [0, 0.05) is 12.2 Å². The molecule has 0 aliphatic carbocycles. The third-order valence-corrected chi connectivity index (χ3v) is 1.09. The zero-order valence-electron chi connectivity index (χ0n) is 6.68. The Bertz CT molecular complexity index is 170. The summed E-state index contributed by atoms with van der Waals surface area (Å²) in [6.45, 7) is 2.36. The molecule has 0 aromatic rings. The van der Waals surface area contributed by atoms with Gasteiger partial charge in [-0.3, -0.25) is 0 Å². The van der Waals surface area contributed by atoms with Gasteiger partial charge in [0.2, 0.25) is 0 Å². The van der Waals surface area contributed by atoms with Gasteiger partial charge >= 0.3 is 0 Å². The Morgan fingerprint density at radius 3 is 2.20 bits per heavy atom. The summed E-state index contributed by atoms with van der Waals surface area (Å²) >= 11 is 0. The lowest BCUT2D eigenvalue weighted by Gasteiger charge is -2.08. The fourth-order valence-corrected chi connectivity index (χ4v) is 0.564. The van der Waals surface area contributed by atoms with Crippen LogP contribution in [0.1, 0.15) is 6.92 Å². The average molecular weight is 139 g/mol. The monoisotopic (exact) mass is 139 g/mol. The summed E-state index contributed by atoms with van der Waals surface area (Å²) in [4.78, 5) is 1.91. The topological polar surface area (TPSA) is 53.1 Å². The van der Waals surface area contributed by atoms with Crippen molar-refractivity contribution in [3.63, 3.8) is 0 Å². The van der Waals surface area contributed by atoms with Gasteiger partial charge < -0.3 is 10.6 Å². The molecule has 0 heterocycles. The van der Waals surface area contributed by atoms with Gasteiger partial charge in [-0.05, 0) is 21.0 Å². The number of hydrogen-bond donors (Lipinski definition) is 1. The van der Waals surface area contributed by atoms with Crippen molar-refractivity contribution >= 4 is 0 Å². The van der Waals surface area contributed by atoms with E-state index in [4.69, 9.17) is 11.0 Å². The van der Waals surface area contributed by atoms with E-state index in [-0.39, 0.29) is 0 Å². The highest BCUT2D eigenvalue weighted by Crippen LogP contribution is 1.96. The smallest absolute Gasteiger partial charge is 0.0978 e. The van der Waals surface area contributed by atoms with Gasteiger partial charge in [-0.25, -0.2) is 0 Å². The molecule has 3 heteroatoms. The van der Waals surface area contributed by atoms with Crippen molar-refractivity contribution in [2.75, 3.05) is 20.6 Å². The van der Waals surface area contributed by atoms with Gasteiger partial charge in [0.1, 0.15) is 0 Å². The van der Waals surface area contributed by atoms with Crippen LogP contribution in [0.2, 0.25) is 0 Å². The first-order valence-corrected chi connectivity index (χ1v) is 3.08. The largest absolute Gasteiger partial charge is 0.401 e. The SMILES string of the molecule is C/C(N)=C(\C#N)CN(C)C. The van der Waals surface area contributed by atoms with Gasteiger partial charge in [-0.2, -0.15) is 5.26 Å². The Labute approximate surface area is 61.7 Å². The lowest BCUT2D eigenvalue weighted by molar-refractivity contribution is 0.448. The fourth-order valence-electron chi connectivity index (χ4n) is 0.564. The number of nitriles is 1. The molecule has 0 spiro atoms. The van der Waals surface area contributed by atoms with Gasteiger partial charge in [0.15, 0.2) is 0 Å². The van der Waals surface area contributed by atoms with Crippen LogP contribution in [0.3, 0.4) is 0 Å². The molecular weight excluding hydrogens is 126 g/mol. The first-order chi connectivity index (χ1) is 4.57. The summed E-state index contributed by atoms with van der Waals surface area (Å²) in [5, 5.41) is 8.53. The normalized spacial score (nSPS) is 12.7. The van der Waals surface area contributed by atoms with Gasteiger partial charge in [0.05, 0.1) is 11.6 Å². The molecule has 0 atom stereocenters. The number of nitrogens with zero attached hydrogens (tertiary/aromatic N) is 2. The highest BCUT2D eigenvalue weighted by Gasteiger charge is 1.98. The van der Waals surface area contributed by atoms with Crippen molar-refractivity contribution in [3.8, 4) is 6.07 Å². The van der Waals surface area contributed by atoms with E-state index < -0.39 is 0 Å². The predicted octanol–water partition coefficient (Wildman–Crippen LogP) is 0.304. The molecule has 0 rings (SSSR count). The molecular formula is C7H13N3. The fraction of sp³-hybridized carbons (Fsp3) is 0.571. The molecule has 0 radical (unpaired) electrons. The molecule has 10 heavy (non-hydrogen) atoms. The zero-order chi connectivity index (χ0) is 8.15.